The van der Waals surface area contributed by atoms with E-state index in [9.17, 15) is 9.59 Å². The van der Waals surface area contributed by atoms with Crippen molar-refractivity contribution in [2.45, 2.75) is 52.6 Å². The summed E-state index contributed by atoms with van der Waals surface area (Å²) in [7, 11) is 0. The highest BCUT2D eigenvalue weighted by molar-refractivity contribution is 5.73. The molecule has 0 saturated carbocycles. The first-order chi connectivity index (χ1) is 8.49. The summed E-state index contributed by atoms with van der Waals surface area (Å²) in [6, 6.07) is 0. The van der Waals surface area contributed by atoms with E-state index in [1.165, 1.54) is 0 Å². The predicted octanol–water partition coefficient (Wildman–Crippen LogP) is 2.33. The molecule has 6 nitrogen and oxygen atoms in total. The number of nitrogens with one attached hydrogen (secondary N) is 1. The summed E-state index contributed by atoms with van der Waals surface area (Å²) in [6.07, 6.45) is 2.21. The van der Waals surface area contributed by atoms with Gasteiger partial charge in [-0.3, -0.25) is 4.84 Å². The predicted molar refractivity (Wildman–Crippen MR) is 66.0 cm³/mol. The zero-order chi connectivity index (χ0) is 14.0. The number of amides is 1. The molecule has 2 N–H and O–H groups in total. The number of hydrogen-bond donors (Lipinski definition) is 2. The van der Waals surface area contributed by atoms with Crippen molar-refractivity contribution in [1.29, 1.82) is 0 Å². The Morgan fingerprint density at radius 1 is 1.22 bits per heavy atom. The standard InChI is InChI=1S/C12H23NO5/c1-4-5-6-7-8-17-12(16)13-18-10(9(2)3)11(14)15/h9-10H,4-8H2,1-3H3,(H,13,16)(H,14,15)/t10-/m0/s1. The molecule has 0 aromatic carbocycles. The van der Waals surface area contributed by atoms with Crippen molar-refractivity contribution in [3.8, 4) is 0 Å². The Hall–Kier alpha value is -1.30. The van der Waals surface area contributed by atoms with Crippen LogP contribution < -0.4 is 5.48 Å². The molecule has 1 atom stereocenters. The first-order valence-corrected chi connectivity index (χ1v) is 6.30. The second-order valence-corrected chi connectivity index (χ2v) is 4.42. The first-order valence-electron chi connectivity index (χ1n) is 6.30. The minimum absolute atomic E-state index is 0.243. The number of rotatable bonds is 9. The van der Waals surface area contributed by atoms with Gasteiger partial charge in [-0.05, 0) is 12.3 Å². The molecule has 0 saturated heterocycles. The molecule has 0 rings (SSSR count). The van der Waals surface area contributed by atoms with E-state index in [1.54, 1.807) is 13.8 Å². The van der Waals surface area contributed by atoms with Crippen LogP contribution in [0.1, 0.15) is 46.5 Å². The molecule has 0 aliphatic heterocycles. The van der Waals surface area contributed by atoms with Gasteiger partial charge in [0.1, 0.15) is 0 Å². The zero-order valence-electron chi connectivity index (χ0n) is 11.3. The Morgan fingerprint density at radius 2 is 1.89 bits per heavy atom. The highest BCUT2D eigenvalue weighted by Gasteiger charge is 2.23. The van der Waals surface area contributed by atoms with Crippen molar-refractivity contribution in [2.24, 2.45) is 5.92 Å². The lowest BCUT2D eigenvalue weighted by Gasteiger charge is -2.16. The normalized spacial score (nSPS) is 12.2. The van der Waals surface area contributed by atoms with Gasteiger partial charge in [-0.1, -0.05) is 40.0 Å². The number of carbonyl (C=O) groups excluding carboxylic acids is 1. The molecular formula is C12H23NO5. The molecule has 0 aromatic heterocycles. The number of carboxylic acid groups (broad SMARTS) is 1. The summed E-state index contributed by atoms with van der Waals surface area (Å²) in [5, 5.41) is 8.81. The van der Waals surface area contributed by atoms with E-state index in [1.807, 2.05) is 5.48 Å². The van der Waals surface area contributed by atoms with Gasteiger partial charge in [0.2, 0.25) is 0 Å². The highest BCUT2D eigenvalue weighted by atomic mass is 16.7. The smallest absolute Gasteiger partial charge is 0.431 e. The number of unbranched alkanes of at least 4 members (excludes halogenated alkanes) is 3. The van der Waals surface area contributed by atoms with Gasteiger partial charge in [0.15, 0.2) is 6.10 Å². The van der Waals surface area contributed by atoms with Gasteiger partial charge in [-0.2, -0.15) is 5.48 Å². The lowest BCUT2D eigenvalue weighted by Crippen LogP contribution is -2.37. The van der Waals surface area contributed by atoms with Gasteiger partial charge in [0.05, 0.1) is 6.61 Å². The van der Waals surface area contributed by atoms with Crippen molar-refractivity contribution < 1.29 is 24.3 Å². The third kappa shape index (κ3) is 7.89. The van der Waals surface area contributed by atoms with Crippen molar-refractivity contribution in [1.82, 2.24) is 5.48 Å². The molecule has 0 aliphatic carbocycles. The maximum absolute atomic E-state index is 11.2. The molecule has 18 heavy (non-hydrogen) atoms. The summed E-state index contributed by atoms with van der Waals surface area (Å²) in [4.78, 5) is 26.7. The van der Waals surface area contributed by atoms with Gasteiger partial charge < -0.3 is 9.84 Å². The third-order valence-electron chi connectivity index (χ3n) is 2.35. The fourth-order valence-corrected chi connectivity index (χ4v) is 1.31. The molecule has 0 aromatic rings. The fourth-order valence-electron chi connectivity index (χ4n) is 1.31. The molecule has 0 aliphatic rings. The summed E-state index contributed by atoms with van der Waals surface area (Å²) in [5.74, 6) is -1.36. The first kappa shape index (κ1) is 16.7. The Morgan fingerprint density at radius 3 is 2.39 bits per heavy atom. The second kappa shape index (κ2) is 9.70. The molecule has 1 amide bonds. The van der Waals surface area contributed by atoms with E-state index < -0.39 is 18.2 Å². The molecule has 106 valence electrons. The van der Waals surface area contributed by atoms with E-state index in [0.717, 1.165) is 25.7 Å². The molecule has 0 unspecified atom stereocenters. The Bertz CT molecular complexity index is 255. The second-order valence-electron chi connectivity index (χ2n) is 4.42. The van der Waals surface area contributed by atoms with Crippen LogP contribution in [0.5, 0.6) is 0 Å². The fraction of sp³-hybridized carbons (Fsp3) is 0.833. The maximum Gasteiger partial charge on any atom is 0.431 e. The van der Waals surface area contributed by atoms with Gasteiger partial charge in [-0.25, -0.2) is 9.59 Å². The Labute approximate surface area is 108 Å². The van der Waals surface area contributed by atoms with E-state index in [2.05, 4.69) is 6.92 Å². The van der Waals surface area contributed by atoms with Crippen molar-refractivity contribution in [3.05, 3.63) is 0 Å². The van der Waals surface area contributed by atoms with E-state index in [0.29, 0.717) is 6.61 Å². The molecule has 0 radical (unpaired) electrons. The minimum atomic E-state index is -1.12. The number of hydrogen-bond acceptors (Lipinski definition) is 4. The third-order valence-corrected chi connectivity index (χ3v) is 2.35. The van der Waals surface area contributed by atoms with Gasteiger partial charge in [0, 0.05) is 0 Å². The number of carboxylic acids is 1. The maximum atomic E-state index is 11.2. The number of ether oxygens (including phenoxy) is 1. The largest absolute Gasteiger partial charge is 0.479 e. The van der Waals surface area contributed by atoms with Crippen LogP contribution in [0.4, 0.5) is 4.79 Å². The molecule has 0 spiro atoms. The quantitative estimate of drug-likeness (QED) is 0.491. The van der Waals surface area contributed by atoms with Gasteiger partial charge in [0.25, 0.3) is 0 Å². The number of carbonyl (C=O) groups is 2. The Balaban J connectivity index is 3.71. The van der Waals surface area contributed by atoms with Crippen LogP contribution in [0.2, 0.25) is 0 Å². The zero-order valence-corrected chi connectivity index (χ0v) is 11.3. The summed E-state index contributed by atoms with van der Waals surface area (Å²) >= 11 is 0. The van der Waals surface area contributed by atoms with Gasteiger partial charge >= 0.3 is 12.1 Å². The van der Waals surface area contributed by atoms with Crippen LogP contribution >= 0.6 is 0 Å². The van der Waals surface area contributed by atoms with Crippen LogP contribution in [0, 0.1) is 5.92 Å². The lowest BCUT2D eigenvalue weighted by molar-refractivity contribution is -0.158. The molecule has 0 bridgehead atoms. The average molecular weight is 261 g/mol. The van der Waals surface area contributed by atoms with E-state index >= 15 is 0 Å². The van der Waals surface area contributed by atoms with Crippen molar-refractivity contribution in [2.75, 3.05) is 6.61 Å². The monoisotopic (exact) mass is 261 g/mol. The number of hydroxylamine groups is 1. The van der Waals surface area contributed by atoms with Crippen molar-refractivity contribution in [3.63, 3.8) is 0 Å². The van der Waals surface area contributed by atoms with Crippen LogP contribution in [-0.2, 0) is 14.4 Å². The molecule has 0 fully saturated rings. The van der Waals surface area contributed by atoms with Crippen LogP contribution in [-0.4, -0.2) is 29.9 Å². The SMILES string of the molecule is CCCCCCOC(=O)NO[C@H](C(=O)O)C(C)C. The van der Waals surface area contributed by atoms with E-state index in [-0.39, 0.29) is 5.92 Å². The number of aliphatic carboxylic acids is 1. The molecular weight excluding hydrogens is 238 g/mol. The van der Waals surface area contributed by atoms with Crippen LogP contribution in [0.3, 0.4) is 0 Å². The van der Waals surface area contributed by atoms with E-state index in [4.69, 9.17) is 14.7 Å². The van der Waals surface area contributed by atoms with Crippen LogP contribution in [0.25, 0.3) is 0 Å². The minimum Gasteiger partial charge on any atom is -0.479 e. The van der Waals surface area contributed by atoms with Gasteiger partial charge in [-0.15, -0.1) is 0 Å². The molecule has 0 heterocycles. The Kier molecular flexibility index (Phi) is 9.00. The summed E-state index contributed by atoms with van der Waals surface area (Å²) < 4.78 is 4.83. The lowest BCUT2D eigenvalue weighted by atomic mass is 10.1. The summed E-state index contributed by atoms with van der Waals surface area (Å²) in [6.45, 7) is 5.79. The van der Waals surface area contributed by atoms with Crippen LogP contribution in [0.15, 0.2) is 0 Å². The summed E-state index contributed by atoms with van der Waals surface area (Å²) in [5.41, 5.74) is 1.99. The van der Waals surface area contributed by atoms with Crippen molar-refractivity contribution >= 4 is 12.1 Å². The molecule has 6 heteroatoms. The topological polar surface area (TPSA) is 84.9 Å². The average Bonchev–Trinajstić information content (AvgIpc) is 2.28. The highest BCUT2D eigenvalue weighted by Crippen LogP contribution is 2.05.